The Balaban J connectivity index is 1.69. The summed E-state index contributed by atoms with van der Waals surface area (Å²) in [5, 5.41) is 0. The summed E-state index contributed by atoms with van der Waals surface area (Å²) in [6.45, 7) is 17.1. The summed E-state index contributed by atoms with van der Waals surface area (Å²) >= 11 is 0. The van der Waals surface area contributed by atoms with Crippen LogP contribution in [0.25, 0.3) is 0 Å². The molecule has 0 saturated carbocycles. The van der Waals surface area contributed by atoms with E-state index in [1.165, 1.54) is 56.8 Å². The maximum atomic E-state index is 5.78. The van der Waals surface area contributed by atoms with Gasteiger partial charge < -0.3 is 56.8 Å². The molecule has 0 fully saturated rings. The first-order valence-electron chi connectivity index (χ1n) is 19.1. The molecule has 0 aromatic heterocycles. The van der Waals surface area contributed by atoms with Crippen LogP contribution in [0.5, 0.6) is 5.75 Å². The molecule has 0 unspecified atom stereocenters. The summed E-state index contributed by atoms with van der Waals surface area (Å²) < 4.78 is 65.6. The summed E-state index contributed by atoms with van der Waals surface area (Å²) in [5.41, 5.74) is 1.38. The highest BCUT2D eigenvalue weighted by molar-refractivity contribution is 5.27. The lowest BCUT2D eigenvalue weighted by atomic mass is 10.0. The van der Waals surface area contributed by atoms with Crippen molar-refractivity contribution >= 4 is 0 Å². The van der Waals surface area contributed by atoms with Gasteiger partial charge in [0.15, 0.2) is 0 Å². The van der Waals surface area contributed by atoms with Gasteiger partial charge in [0.05, 0.1) is 138 Å². The van der Waals surface area contributed by atoms with Gasteiger partial charge in [-0.1, -0.05) is 64.2 Å². The Morgan fingerprint density at radius 2 is 0.706 bits per heavy atom. The van der Waals surface area contributed by atoms with Crippen LogP contribution in [0.4, 0.5) is 0 Å². The van der Waals surface area contributed by atoms with Crippen molar-refractivity contribution in [1.82, 2.24) is 0 Å². The first-order valence-corrected chi connectivity index (χ1v) is 19.1. The second-order valence-electron chi connectivity index (χ2n) is 11.5. The van der Waals surface area contributed by atoms with E-state index in [0.717, 1.165) is 12.2 Å². The fourth-order valence-electron chi connectivity index (χ4n) is 4.53. The van der Waals surface area contributed by atoms with Gasteiger partial charge in [-0.05, 0) is 30.5 Å². The molecule has 298 valence electrons. The summed E-state index contributed by atoms with van der Waals surface area (Å²) in [4.78, 5) is 0. The molecular formula is C39H70O12. The highest BCUT2D eigenvalue weighted by Crippen LogP contribution is 2.15. The van der Waals surface area contributed by atoms with Gasteiger partial charge in [0.2, 0.25) is 0 Å². The Hall–Kier alpha value is -1.84. The van der Waals surface area contributed by atoms with Gasteiger partial charge in [-0.25, -0.2) is 0 Å². The van der Waals surface area contributed by atoms with Crippen LogP contribution in [-0.4, -0.2) is 145 Å². The predicted molar refractivity (Wildman–Crippen MR) is 198 cm³/mol. The number of unbranched alkanes of at least 4 members (excludes halogenated alkanes) is 6. The Bertz CT molecular complexity index is 814. The van der Waals surface area contributed by atoms with Crippen molar-refractivity contribution in [3.63, 3.8) is 0 Å². The fraction of sp³-hybridized carbons (Fsp3) is 0.795. The third-order valence-corrected chi connectivity index (χ3v) is 7.30. The molecule has 1 rings (SSSR count). The molecular weight excluding hydrogens is 660 g/mol. The predicted octanol–water partition coefficient (Wildman–Crippen LogP) is 5.68. The zero-order chi connectivity index (χ0) is 36.4. The van der Waals surface area contributed by atoms with Crippen molar-refractivity contribution in [1.29, 1.82) is 0 Å². The van der Waals surface area contributed by atoms with E-state index >= 15 is 0 Å². The van der Waals surface area contributed by atoms with E-state index in [1.807, 2.05) is 0 Å². The average molecular weight is 731 g/mol. The zero-order valence-corrected chi connectivity index (χ0v) is 31.7. The minimum atomic E-state index is 0.502. The molecule has 0 aliphatic carbocycles. The number of hydrogen-bond donors (Lipinski definition) is 0. The van der Waals surface area contributed by atoms with Gasteiger partial charge in [0.25, 0.3) is 0 Å². The second kappa shape index (κ2) is 40.9. The van der Waals surface area contributed by atoms with Crippen molar-refractivity contribution in [2.24, 2.45) is 0 Å². The van der Waals surface area contributed by atoms with E-state index in [-0.39, 0.29) is 0 Å². The van der Waals surface area contributed by atoms with Gasteiger partial charge in [-0.15, -0.1) is 0 Å². The van der Waals surface area contributed by atoms with Crippen LogP contribution >= 0.6 is 0 Å². The van der Waals surface area contributed by atoms with Crippen molar-refractivity contribution in [3.8, 4) is 5.75 Å². The summed E-state index contributed by atoms with van der Waals surface area (Å²) in [7, 11) is 0. The molecule has 0 spiro atoms. The minimum Gasteiger partial charge on any atom is -0.499 e. The smallest absolute Gasteiger partial charge is 0.119 e. The summed E-state index contributed by atoms with van der Waals surface area (Å²) in [5.74, 6) is 0.886. The topological polar surface area (TPSA) is 111 Å². The number of rotatable bonds is 43. The highest BCUT2D eigenvalue weighted by atomic mass is 16.6. The van der Waals surface area contributed by atoms with E-state index in [2.05, 4.69) is 37.8 Å². The van der Waals surface area contributed by atoms with Crippen LogP contribution in [-0.2, 0) is 58.5 Å². The normalized spacial score (nSPS) is 11.3. The number of benzene rings is 1. The SMILES string of the molecule is C=COCCOCCOCCOCCOCCOCCOCCOCCOCCOCCOCCOc1ccc(CCCCCCCCC)cc1. The summed E-state index contributed by atoms with van der Waals surface area (Å²) in [6.07, 6.45) is 11.9. The Morgan fingerprint density at radius 1 is 0.392 bits per heavy atom. The number of aryl methyl sites for hydroxylation is 1. The second-order valence-corrected chi connectivity index (χ2v) is 11.5. The fourth-order valence-corrected chi connectivity index (χ4v) is 4.53. The molecule has 12 heteroatoms. The monoisotopic (exact) mass is 730 g/mol. The van der Waals surface area contributed by atoms with E-state index in [9.17, 15) is 0 Å². The molecule has 51 heavy (non-hydrogen) atoms. The molecule has 0 N–H and O–H groups in total. The van der Waals surface area contributed by atoms with E-state index in [0.29, 0.717) is 145 Å². The van der Waals surface area contributed by atoms with Crippen molar-refractivity contribution in [2.45, 2.75) is 58.3 Å². The van der Waals surface area contributed by atoms with Crippen LogP contribution in [0.3, 0.4) is 0 Å². The average Bonchev–Trinajstić information content (AvgIpc) is 3.15. The number of ether oxygens (including phenoxy) is 12. The van der Waals surface area contributed by atoms with Gasteiger partial charge in [-0.3, -0.25) is 0 Å². The third kappa shape index (κ3) is 36.3. The Labute approximate surface area is 308 Å². The van der Waals surface area contributed by atoms with Gasteiger partial charge in [0.1, 0.15) is 19.0 Å². The van der Waals surface area contributed by atoms with Crippen LogP contribution in [0.15, 0.2) is 37.1 Å². The standard InChI is InChI=1S/C39H70O12/c1-3-5-6-7-8-9-10-11-38-12-14-39(15-13-38)51-37-36-50-35-34-49-33-32-48-31-30-47-29-28-46-27-26-45-25-24-44-23-22-43-21-20-42-19-18-41-17-16-40-4-2/h4,12-15H,2-3,5-11,16-37H2,1H3. The third-order valence-electron chi connectivity index (χ3n) is 7.30. The molecule has 0 radical (unpaired) electrons. The van der Waals surface area contributed by atoms with Gasteiger partial charge in [-0.2, -0.15) is 0 Å². The first-order chi connectivity index (χ1) is 25.4. The summed E-state index contributed by atoms with van der Waals surface area (Å²) in [6, 6.07) is 8.45. The van der Waals surface area contributed by atoms with Crippen LogP contribution in [0.2, 0.25) is 0 Å². The molecule has 0 aliphatic rings. The highest BCUT2D eigenvalue weighted by Gasteiger charge is 1.99. The molecule has 12 nitrogen and oxygen atoms in total. The first kappa shape index (κ1) is 47.2. The lowest BCUT2D eigenvalue weighted by Gasteiger charge is -2.09. The minimum absolute atomic E-state index is 0.502. The van der Waals surface area contributed by atoms with Crippen LogP contribution < -0.4 is 4.74 Å². The van der Waals surface area contributed by atoms with Gasteiger partial charge >= 0.3 is 0 Å². The molecule has 1 aromatic rings. The van der Waals surface area contributed by atoms with Gasteiger partial charge in [0, 0.05) is 0 Å². The van der Waals surface area contributed by atoms with E-state index in [4.69, 9.17) is 56.8 Å². The Morgan fingerprint density at radius 3 is 1.06 bits per heavy atom. The number of hydrogen-bond acceptors (Lipinski definition) is 12. The van der Waals surface area contributed by atoms with Crippen LogP contribution in [0, 0.1) is 0 Å². The van der Waals surface area contributed by atoms with Crippen molar-refractivity contribution < 1.29 is 56.8 Å². The maximum Gasteiger partial charge on any atom is 0.119 e. The van der Waals surface area contributed by atoms with Crippen molar-refractivity contribution in [3.05, 3.63) is 42.7 Å². The van der Waals surface area contributed by atoms with E-state index < -0.39 is 0 Å². The van der Waals surface area contributed by atoms with E-state index in [1.54, 1.807) is 0 Å². The molecule has 0 bridgehead atoms. The molecule has 1 aromatic carbocycles. The largest absolute Gasteiger partial charge is 0.499 e. The quantitative estimate of drug-likeness (QED) is 0.0609. The molecule has 0 heterocycles. The lowest BCUT2D eigenvalue weighted by Crippen LogP contribution is -2.15. The Kier molecular flexibility index (Phi) is 37.9. The lowest BCUT2D eigenvalue weighted by molar-refractivity contribution is -0.0271. The molecule has 0 atom stereocenters. The van der Waals surface area contributed by atoms with Crippen molar-refractivity contribution in [2.75, 3.05) is 145 Å². The zero-order valence-electron chi connectivity index (χ0n) is 31.7. The molecule has 0 saturated heterocycles. The molecule has 0 aliphatic heterocycles. The molecule has 0 amide bonds. The van der Waals surface area contributed by atoms with Crippen LogP contribution in [0.1, 0.15) is 57.4 Å². The maximum absolute atomic E-state index is 5.78.